The number of likely N-dealkylation sites (N-methyl/N-ethyl adjacent to an activating group) is 1. The van der Waals surface area contributed by atoms with E-state index in [1.165, 1.54) is 14.2 Å². The quantitative estimate of drug-likeness (QED) is 0.810. The third kappa shape index (κ3) is 3.31. The molecule has 0 spiro atoms. The standard InChI is InChI=1S/C20H22N2O5/c1-10(8-14(21)19(25)22-2)15-9-13-16(20(26-3)27-15)18(24)12-7-5-4-6-11(12)17(13)23/h4-7,9-10,14,20H,8,21H2,1-3H3,(H,22,25). The fourth-order valence-corrected chi connectivity index (χ4v) is 3.36. The van der Waals surface area contributed by atoms with Crippen LogP contribution in [-0.2, 0) is 14.3 Å². The molecule has 142 valence electrons. The number of fused-ring (bicyclic) bond motifs is 1. The number of Topliss-reactive ketones (excluding diaryl/α,β-unsaturated/α-hetero) is 2. The van der Waals surface area contributed by atoms with Gasteiger partial charge >= 0.3 is 0 Å². The second kappa shape index (κ2) is 7.46. The monoisotopic (exact) mass is 370 g/mol. The molecule has 1 heterocycles. The lowest BCUT2D eigenvalue weighted by molar-refractivity contribution is -0.122. The number of methoxy groups -OCH3 is 1. The molecular formula is C20H22N2O5. The lowest BCUT2D eigenvalue weighted by Crippen LogP contribution is -2.40. The first-order chi connectivity index (χ1) is 12.9. The van der Waals surface area contributed by atoms with Crippen molar-refractivity contribution in [2.24, 2.45) is 11.7 Å². The molecule has 0 fully saturated rings. The number of nitrogens with two attached hydrogens (primary N) is 1. The fraction of sp³-hybridized carbons (Fsp3) is 0.350. The molecule has 1 aliphatic heterocycles. The summed E-state index contributed by atoms with van der Waals surface area (Å²) in [6.45, 7) is 1.84. The van der Waals surface area contributed by atoms with E-state index in [1.54, 1.807) is 30.3 Å². The van der Waals surface area contributed by atoms with Crippen molar-refractivity contribution in [2.45, 2.75) is 25.7 Å². The number of amides is 1. The zero-order valence-electron chi connectivity index (χ0n) is 15.4. The molecule has 3 unspecified atom stereocenters. The summed E-state index contributed by atoms with van der Waals surface area (Å²) < 4.78 is 11.2. The van der Waals surface area contributed by atoms with Gasteiger partial charge in [-0.05, 0) is 12.5 Å². The summed E-state index contributed by atoms with van der Waals surface area (Å²) in [5, 5.41) is 2.51. The van der Waals surface area contributed by atoms with E-state index < -0.39 is 12.3 Å². The maximum atomic E-state index is 12.9. The Morgan fingerprint density at radius 3 is 2.48 bits per heavy atom. The van der Waals surface area contributed by atoms with Gasteiger partial charge in [0.1, 0.15) is 5.76 Å². The smallest absolute Gasteiger partial charge is 0.236 e. The lowest BCUT2D eigenvalue weighted by Gasteiger charge is -2.32. The molecule has 3 rings (SSSR count). The summed E-state index contributed by atoms with van der Waals surface area (Å²) in [6.07, 6.45) is 0.912. The number of nitrogens with one attached hydrogen (secondary N) is 1. The predicted octanol–water partition coefficient (Wildman–Crippen LogP) is 1.35. The number of carbonyl (C=O) groups excluding carboxylic acids is 3. The van der Waals surface area contributed by atoms with Crippen molar-refractivity contribution in [3.8, 4) is 0 Å². The van der Waals surface area contributed by atoms with Crippen molar-refractivity contribution in [1.82, 2.24) is 5.32 Å². The number of hydrogen-bond donors (Lipinski definition) is 2. The molecule has 3 N–H and O–H groups in total. The van der Waals surface area contributed by atoms with E-state index in [9.17, 15) is 14.4 Å². The molecule has 1 aromatic carbocycles. The maximum absolute atomic E-state index is 12.9. The van der Waals surface area contributed by atoms with Crippen molar-refractivity contribution in [3.63, 3.8) is 0 Å². The highest BCUT2D eigenvalue weighted by Crippen LogP contribution is 2.36. The van der Waals surface area contributed by atoms with Crippen LogP contribution in [-0.4, -0.2) is 44.0 Å². The van der Waals surface area contributed by atoms with E-state index in [2.05, 4.69) is 5.32 Å². The van der Waals surface area contributed by atoms with Gasteiger partial charge in [0.05, 0.1) is 11.6 Å². The zero-order chi connectivity index (χ0) is 19.7. The van der Waals surface area contributed by atoms with Crippen LogP contribution in [0.25, 0.3) is 0 Å². The lowest BCUT2D eigenvalue weighted by atomic mass is 9.81. The van der Waals surface area contributed by atoms with E-state index in [0.717, 1.165) is 0 Å². The van der Waals surface area contributed by atoms with Crippen LogP contribution in [0, 0.1) is 5.92 Å². The van der Waals surface area contributed by atoms with Crippen LogP contribution in [0.3, 0.4) is 0 Å². The number of carbonyl (C=O) groups is 3. The first-order valence-electron chi connectivity index (χ1n) is 8.69. The highest BCUT2D eigenvalue weighted by molar-refractivity contribution is 6.28. The van der Waals surface area contributed by atoms with Crippen LogP contribution in [0.4, 0.5) is 0 Å². The minimum atomic E-state index is -0.983. The molecule has 27 heavy (non-hydrogen) atoms. The average Bonchev–Trinajstić information content (AvgIpc) is 2.70. The van der Waals surface area contributed by atoms with E-state index >= 15 is 0 Å². The second-order valence-electron chi connectivity index (χ2n) is 6.62. The van der Waals surface area contributed by atoms with Crippen LogP contribution in [0.15, 0.2) is 47.2 Å². The van der Waals surface area contributed by atoms with Gasteiger partial charge in [0, 0.05) is 36.8 Å². The largest absolute Gasteiger partial charge is 0.464 e. The van der Waals surface area contributed by atoms with Crippen LogP contribution < -0.4 is 11.1 Å². The number of benzene rings is 1. The summed E-state index contributed by atoms with van der Waals surface area (Å²) in [5.74, 6) is -0.591. The number of rotatable bonds is 5. The highest BCUT2D eigenvalue weighted by atomic mass is 16.7. The Morgan fingerprint density at radius 1 is 1.26 bits per heavy atom. The van der Waals surface area contributed by atoms with Gasteiger partial charge in [-0.3, -0.25) is 14.4 Å². The van der Waals surface area contributed by atoms with E-state index in [4.69, 9.17) is 15.2 Å². The number of hydrogen-bond acceptors (Lipinski definition) is 6. The van der Waals surface area contributed by atoms with Crippen LogP contribution >= 0.6 is 0 Å². The van der Waals surface area contributed by atoms with Crippen molar-refractivity contribution >= 4 is 17.5 Å². The third-order valence-electron chi connectivity index (χ3n) is 4.85. The predicted molar refractivity (Wildman–Crippen MR) is 97.9 cm³/mol. The van der Waals surface area contributed by atoms with E-state index in [1.807, 2.05) is 6.92 Å². The molecule has 0 bridgehead atoms. The van der Waals surface area contributed by atoms with Crippen LogP contribution in [0.5, 0.6) is 0 Å². The molecule has 0 saturated carbocycles. The number of allylic oxidation sites excluding steroid dienone is 3. The molecule has 0 saturated heterocycles. The molecule has 3 atom stereocenters. The van der Waals surface area contributed by atoms with Crippen molar-refractivity contribution in [2.75, 3.05) is 14.2 Å². The topological polar surface area (TPSA) is 108 Å². The molecule has 7 nitrogen and oxygen atoms in total. The normalized spacial score (nSPS) is 20.9. The fourth-order valence-electron chi connectivity index (χ4n) is 3.36. The number of ketones is 2. The van der Waals surface area contributed by atoms with Gasteiger partial charge in [0.15, 0.2) is 11.6 Å². The summed E-state index contributed by atoms with van der Waals surface area (Å²) in [5.41, 5.74) is 7.07. The van der Waals surface area contributed by atoms with Crippen molar-refractivity contribution in [1.29, 1.82) is 0 Å². The Kier molecular flexibility index (Phi) is 5.25. The van der Waals surface area contributed by atoms with Gasteiger partial charge in [-0.25, -0.2) is 0 Å². The first kappa shape index (κ1) is 19.0. The van der Waals surface area contributed by atoms with Crippen LogP contribution in [0.2, 0.25) is 0 Å². The van der Waals surface area contributed by atoms with Gasteiger partial charge < -0.3 is 20.5 Å². The Labute approximate surface area is 157 Å². The Bertz CT molecular complexity index is 871. The van der Waals surface area contributed by atoms with Crippen molar-refractivity contribution in [3.05, 3.63) is 58.4 Å². The van der Waals surface area contributed by atoms with Gasteiger partial charge in [-0.1, -0.05) is 31.2 Å². The zero-order valence-corrected chi connectivity index (χ0v) is 15.4. The summed E-state index contributed by atoms with van der Waals surface area (Å²) >= 11 is 0. The molecule has 2 aliphatic rings. The summed E-state index contributed by atoms with van der Waals surface area (Å²) in [6, 6.07) is 5.98. The number of ether oxygens (including phenoxy) is 2. The first-order valence-corrected chi connectivity index (χ1v) is 8.69. The summed E-state index contributed by atoms with van der Waals surface area (Å²) in [4.78, 5) is 37.5. The molecule has 0 radical (unpaired) electrons. The molecule has 7 heteroatoms. The minimum absolute atomic E-state index is 0.202. The Hall–Kier alpha value is -2.77. The Morgan fingerprint density at radius 2 is 1.89 bits per heavy atom. The highest BCUT2D eigenvalue weighted by Gasteiger charge is 2.40. The molecule has 0 aromatic heterocycles. The molecule has 1 aliphatic carbocycles. The van der Waals surface area contributed by atoms with E-state index in [-0.39, 0.29) is 34.5 Å². The maximum Gasteiger partial charge on any atom is 0.236 e. The average molecular weight is 370 g/mol. The SMILES string of the molecule is CNC(=O)C(N)CC(C)C1=CC2=C(C(=O)c3ccccc3C2=O)C(OC)O1. The molecular weight excluding hydrogens is 348 g/mol. The Balaban J connectivity index is 1.98. The summed E-state index contributed by atoms with van der Waals surface area (Å²) in [7, 11) is 2.93. The van der Waals surface area contributed by atoms with Gasteiger partial charge in [0.25, 0.3) is 0 Å². The van der Waals surface area contributed by atoms with E-state index in [0.29, 0.717) is 23.3 Å². The third-order valence-corrected chi connectivity index (χ3v) is 4.85. The van der Waals surface area contributed by atoms with Crippen molar-refractivity contribution < 1.29 is 23.9 Å². The van der Waals surface area contributed by atoms with Gasteiger partial charge in [-0.15, -0.1) is 0 Å². The molecule has 1 aromatic rings. The van der Waals surface area contributed by atoms with Gasteiger partial charge in [-0.2, -0.15) is 0 Å². The van der Waals surface area contributed by atoms with Gasteiger partial charge in [0.2, 0.25) is 12.2 Å². The molecule has 1 amide bonds. The van der Waals surface area contributed by atoms with Crippen LogP contribution in [0.1, 0.15) is 34.1 Å². The minimum Gasteiger partial charge on any atom is -0.464 e. The second-order valence-corrected chi connectivity index (χ2v) is 6.62.